The summed E-state index contributed by atoms with van der Waals surface area (Å²) in [5.74, 6) is -0.433. The summed E-state index contributed by atoms with van der Waals surface area (Å²) in [7, 11) is 0. The molecule has 0 radical (unpaired) electrons. The predicted octanol–water partition coefficient (Wildman–Crippen LogP) is 8.85. The number of ether oxygens (including phenoxy) is 1. The van der Waals surface area contributed by atoms with E-state index in [-0.39, 0.29) is 39.7 Å². The van der Waals surface area contributed by atoms with E-state index in [0.29, 0.717) is 52.5 Å². The van der Waals surface area contributed by atoms with E-state index in [9.17, 15) is 25.5 Å². The van der Waals surface area contributed by atoms with Crippen LogP contribution in [-0.2, 0) is 24.1 Å². The predicted molar refractivity (Wildman–Crippen MR) is 196 cm³/mol. The summed E-state index contributed by atoms with van der Waals surface area (Å²) < 4.78 is 7.10. The molecule has 262 valence electrons. The Labute approximate surface area is 294 Å². The first-order chi connectivity index (χ1) is 24.2. The summed E-state index contributed by atoms with van der Waals surface area (Å²) in [5, 5.41) is 57.2. The normalized spacial score (nSPS) is 25.7. The molecule has 6 N–H and O–H groups in total. The lowest BCUT2D eigenvalue weighted by Gasteiger charge is -2.63. The molecule has 8 rings (SSSR count). The first-order valence-corrected chi connectivity index (χ1v) is 18.6. The van der Waals surface area contributed by atoms with E-state index in [0.717, 1.165) is 30.9 Å². The standard InChI is InChI=1S/C43H49NO6/c45-36-19-14-28(23-38(36)47)13-17-33-34-6-3-7-37(46)39(34)41(49)40(48)35(33)18-12-27-8-10-29(11-9-27)26-44-31-24-32-16-15-30-5-4-22-42(20-1-2-21-42)43(30,25-31)50-32/h3,6-11,13-14,17,19,23,30-32,44-49H,1-2,4-5,12,15-16,18,20-22,24-26H2/t30-,31+,32+,43-/m0/s1. The van der Waals surface area contributed by atoms with Gasteiger partial charge in [-0.05, 0) is 121 Å². The van der Waals surface area contributed by atoms with Crippen molar-refractivity contribution in [3.05, 3.63) is 88.5 Å². The van der Waals surface area contributed by atoms with Gasteiger partial charge in [0.1, 0.15) is 5.75 Å². The van der Waals surface area contributed by atoms with Crippen LogP contribution in [0.4, 0.5) is 0 Å². The second-order valence-corrected chi connectivity index (χ2v) is 15.5. The summed E-state index contributed by atoms with van der Waals surface area (Å²) in [6, 6.07) is 18.7. The van der Waals surface area contributed by atoms with Crippen LogP contribution in [0, 0.1) is 11.3 Å². The lowest BCUT2D eigenvalue weighted by molar-refractivity contribution is -0.268. The molecule has 0 amide bonds. The zero-order valence-corrected chi connectivity index (χ0v) is 28.7. The fraction of sp³-hybridized carbons (Fsp3) is 0.442. The Hall–Kier alpha value is -4.20. The van der Waals surface area contributed by atoms with Gasteiger partial charge in [-0.2, -0.15) is 0 Å². The van der Waals surface area contributed by atoms with Crippen LogP contribution in [-0.4, -0.2) is 43.3 Å². The monoisotopic (exact) mass is 675 g/mol. The average Bonchev–Trinajstić information content (AvgIpc) is 3.60. The van der Waals surface area contributed by atoms with Crippen molar-refractivity contribution in [1.82, 2.24) is 5.32 Å². The molecule has 2 saturated carbocycles. The molecule has 2 bridgehead atoms. The molecule has 4 aromatic carbocycles. The Bertz CT molecular complexity index is 1910. The van der Waals surface area contributed by atoms with E-state index in [1.54, 1.807) is 24.3 Å². The first-order valence-electron chi connectivity index (χ1n) is 18.6. The molecule has 50 heavy (non-hydrogen) atoms. The van der Waals surface area contributed by atoms with Crippen molar-refractivity contribution in [1.29, 1.82) is 0 Å². The lowest BCUT2D eigenvalue weighted by atomic mass is 9.52. The molecule has 0 unspecified atom stereocenters. The van der Waals surface area contributed by atoms with Crippen molar-refractivity contribution in [2.45, 2.75) is 108 Å². The van der Waals surface area contributed by atoms with Gasteiger partial charge in [-0.15, -0.1) is 0 Å². The fourth-order valence-electron chi connectivity index (χ4n) is 10.3. The van der Waals surface area contributed by atoms with Crippen LogP contribution >= 0.6 is 0 Å². The van der Waals surface area contributed by atoms with Gasteiger partial charge >= 0.3 is 0 Å². The third-order valence-corrected chi connectivity index (χ3v) is 12.8. The Morgan fingerprint density at radius 2 is 1.52 bits per heavy atom. The molecule has 7 nitrogen and oxygen atoms in total. The largest absolute Gasteiger partial charge is 0.507 e. The molecule has 0 aromatic heterocycles. The molecule has 2 spiro atoms. The average molecular weight is 676 g/mol. The van der Waals surface area contributed by atoms with E-state index in [1.807, 2.05) is 6.08 Å². The topological polar surface area (TPSA) is 122 Å². The van der Waals surface area contributed by atoms with Crippen molar-refractivity contribution < 1.29 is 30.3 Å². The minimum Gasteiger partial charge on any atom is -0.507 e. The van der Waals surface area contributed by atoms with Gasteiger partial charge in [0.15, 0.2) is 23.0 Å². The highest BCUT2D eigenvalue weighted by Gasteiger charge is 2.63. The van der Waals surface area contributed by atoms with Crippen LogP contribution in [0.2, 0.25) is 0 Å². The maximum Gasteiger partial charge on any atom is 0.169 e. The van der Waals surface area contributed by atoms with Gasteiger partial charge in [-0.25, -0.2) is 0 Å². The molecule has 2 heterocycles. The fourth-order valence-corrected chi connectivity index (χ4v) is 10.3. The second kappa shape index (κ2) is 13.2. The quantitative estimate of drug-likeness (QED) is 0.0815. The number of aromatic hydroxyl groups is 5. The zero-order chi connectivity index (χ0) is 34.5. The number of hydrogen-bond donors (Lipinski definition) is 6. The van der Waals surface area contributed by atoms with Crippen molar-refractivity contribution in [3.8, 4) is 28.7 Å². The molecule has 2 aliphatic heterocycles. The summed E-state index contributed by atoms with van der Waals surface area (Å²) in [5.41, 5.74) is 4.73. The van der Waals surface area contributed by atoms with Gasteiger partial charge in [0.2, 0.25) is 0 Å². The molecule has 7 heteroatoms. The summed E-state index contributed by atoms with van der Waals surface area (Å²) in [4.78, 5) is 0. The molecule has 4 aromatic rings. The van der Waals surface area contributed by atoms with Crippen LogP contribution in [0.25, 0.3) is 22.9 Å². The van der Waals surface area contributed by atoms with Crippen LogP contribution < -0.4 is 5.32 Å². The van der Waals surface area contributed by atoms with Gasteiger partial charge in [0.05, 0.1) is 17.1 Å². The molecular weight excluding hydrogens is 626 g/mol. The third kappa shape index (κ3) is 5.78. The number of hydrogen-bond acceptors (Lipinski definition) is 7. The van der Waals surface area contributed by atoms with Crippen molar-refractivity contribution in [2.24, 2.45) is 11.3 Å². The Morgan fingerprint density at radius 3 is 2.32 bits per heavy atom. The third-order valence-electron chi connectivity index (χ3n) is 12.8. The van der Waals surface area contributed by atoms with Crippen LogP contribution in [0.15, 0.2) is 60.7 Å². The number of rotatable bonds is 8. The van der Waals surface area contributed by atoms with Gasteiger partial charge in [0.25, 0.3) is 0 Å². The van der Waals surface area contributed by atoms with E-state index < -0.39 is 0 Å². The number of fused-ring (bicyclic) bond motifs is 2. The van der Waals surface area contributed by atoms with Crippen molar-refractivity contribution >= 4 is 22.9 Å². The zero-order valence-electron chi connectivity index (χ0n) is 28.7. The highest BCUT2D eigenvalue weighted by Crippen LogP contribution is 2.64. The number of phenolic OH excluding ortho intramolecular Hbond substituents is 5. The summed E-state index contributed by atoms with van der Waals surface area (Å²) in [6.07, 6.45) is 19.4. The Balaban J connectivity index is 0.978. The number of nitrogens with one attached hydrogen (secondary N) is 1. The van der Waals surface area contributed by atoms with E-state index in [1.165, 1.54) is 81.5 Å². The van der Waals surface area contributed by atoms with Crippen molar-refractivity contribution in [3.63, 3.8) is 0 Å². The highest BCUT2D eigenvalue weighted by atomic mass is 16.5. The summed E-state index contributed by atoms with van der Waals surface area (Å²) in [6.45, 7) is 0.829. The van der Waals surface area contributed by atoms with Crippen LogP contribution in [0.1, 0.15) is 98.4 Å². The highest BCUT2D eigenvalue weighted by molar-refractivity contribution is 6.03. The Kier molecular flexibility index (Phi) is 8.68. The minimum absolute atomic E-state index is 0.0752. The van der Waals surface area contributed by atoms with Gasteiger partial charge < -0.3 is 35.6 Å². The number of aryl methyl sites for hydroxylation is 1. The molecule has 2 saturated heterocycles. The second-order valence-electron chi connectivity index (χ2n) is 15.5. The number of phenols is 5. The maximum atomic E-state index is 11.2. The van der Waals surface area contributed by atoms with Gasteiger partial charge in [-0.3, -0.25) is 0 Å². The van der Waals surface area contributed by atoms with E-state index >= 15 is 0 Å². The molecule has 4 fully saturated rings. The van der Waals surface area contributed by atoms with Crippen LogP contribution in [0.5, 0.6) is 28.7 Å². The molecular formula is C43H49NO6. The molecule has 2 aliphatic carbocycles. The first kappa shape index (κ1) is 33.0. The van der Waals surface area contributed by atoms with Crippen LogP contribution in [0.3, 0.4) is 0 Å². The van der Waals surface area contributed by atoms with Gasteiger partial charge in [-0.1, -0.05) is 73.9 Å². The SMILES string of the molecule is Oc1ccc(C=Cc2c(CCc3ccc(CN[C@@H]4C[C@H]5CC[C@@H]6CCCC7(CCCC7)[C@@]6(C4)O5)cc3)c(O)c(O)c3c(O)cccc23)cc1O. The number of benzene rings is 4. The lowest BCUT2D eigenvalue weighted by Crippen LogP contribution is -2.65. The van der Waals surface area contributed by atoms with Crippen molar-refractivity contribution in [2.75, 3.05) is 0 Å². The molecule has 4 aliphatic rings. The minimum atomic E-state index is -0.343. The van der Waals surface area contributed by atoms with Gasteiger partial charge in [0, 0.05) is 18.2 Å². The smallest absolute Gasteiger partial charge is 0.169 e. The molecule has 4 atom stereocenters. The Morgan fingerprint density at radius 1 is 0.740 bits per heavy atom. The summed E-state index contributed by atoms with van der Waals surface area (Å²) >= 11 is 0. The maximum absolute atomic E-state index is 11.2. The van der Waals surface area contributed by atoms with E-state index in [4.69, 9.17) is 4.74 Å². The van der Waals surface area contributed by atoms with E-state index in [2.05, 4.69) is 29.6 Å².